The van der Waals surface area contributed by atoms with Crippen molar-refractivity contribution in [2.45, 2.75) is 26.1 Å². The lowest BCUT2D eigenvalue weighted by molar-refractivity contribution is -0.230. The first-order valence-electron chi connectivity index (χ1n) is 3.91. The van der Waals surface area contributed by atoms with E-state index in [0.717, 1.165) is 6.42 Å². The summed E-state index contributed by atoms with van der Waals surface area (Å²) in [6.45, 7) is 1.87. The molecule has 0 bridgehead atoms. The van der Waals surface area contributed by atoms with Crippen LogP contribution < -0.4 is 0 Å². The van der Waals surface area contributed by atoms with Crippen LogP contribution in [0.3, 0.4) is 0 Å². The molecular weight excluding hydrogens is 196 g/mol. The zero-order valence-electron chi connectivity index (χ0n) is 7.89. The van der Waals surface area contributed by atoms with Crippen LogP contribution in [-0.2, 0) is 19.2 Å². The van der Waals surface area contributed by atoms with Gasteiger partial charge in [0.05, 0.1) is 0 Å². The summed E-state index contributed by atoms with van der Waals surface area (Å²) >= 11 is 0. The molecule has 0 aromatic carbocycles. The van der Waals surface area contributed by atoms with Gasteiger partial charge < -0.3 is 14.6 Å². The van der Waals surface area contributed by atoms with Crippen LogP contribution in [0.5, 0.6) is 0 Å². The maximum Gasteiger partial charge on any atom is 0.552 e. The zero-order valence-corrected chi connectivity index (χ0v) is 7.89. The number of carbonyl (C=O) groups excluding carboxylic acids is 1. The monoisotopic (exact) mass is 208 g/mol. The van der Waals surface area contributed by atoms with Crippen molar-refractivity contribution in [2.24, 2.45) is 0 Å². The van der Waals surface area contributed by atoms with Crippen LogP contribution >= 0.6 is 0 Å². The Morgan fingerprint density at radius 1 is 1.36 bits per heavy atom. The number of hydrogen-bond donors (Lipinski definition) is 1. The average Bonchev–Trinajstić information content (AvgIpc) is 2.14. The second kappa shape index (κ2) is 6.96. The highest BCUT2D eigenvalue weighted by molar-refractivity contribution is 5.62. The van der Waals surface area contributed by atoms with Gasteiger partial charge in [0, 0.05) is 13.5 Å². The fourth-order valence-electron chi connectivity index (χ4n) is 0.657. The fraction of sp³-hybridized carbons (Fsp3) is 0.714. The van der Waals surface area contributed by atoms with Crippen molar-refractivity contribution in [1.29, 1.82) is 0 Å². The van der Waals surface area contributed by atoms with E-state index in [-0.39, 0.29) is 0 Å². The molecule has 0 heterocycles. The topological polar surface area (TPSA) is 91.3 Å². The van der Waals surface area contributed by atoms with Gasteiger partial charge in [-0.25, -0.2) is 9.68 Å². The lowest BCUT2D eigenvalue weighted by atomic mass is 10.3. The van der Waals surface area contributed by atoms with Gasteiger partial charge in [0.1, 0.15) is 0 Å². The second-order valence-electron chi connectivity index (χ2n) is 2.25. The summed E-state index contributed by atoms with van der Waals surface area (Å²) in [6, 6.07) is 0. The van der Waals surface area contributed by atoms with Crippen molar-refractivity contribution in [2.75, 3.05) is 7.11 Å². The highest BCUT2D eigenvalue weighted by atomic mass is 17.3. The molecule has 1 atom stereocenters. The van der Waals surface area contributed by atoms with Crippen LogP contribution in [0.4, 0.5) is 9.59 Å². The molecule has 0 fully saturated rings. The Kier molecular flexibility index (Phi) is 6.21. The predicted octanol–water partition coefficient (Wildman–Crippen LogP) is 1.52. The summed E-state index contributed by atoms with van der Waals surface area (Å²) in [6.07, 6.45) is -2.52. The molecular formula is C7H12O7. The molecule has 0 aliphatic rings. The number of methoxy groups -OCH3 is 1. The minimum atomic E-state index is -1.73. The van der Waals surface area contributed by atoms with E-state index in [0.29, 0.717) is 6.42 Å². The number of carbonyl (C=O) groups is 2. The van der Waals surface area contributed by atoms with Gasteiger partial charge in [0.2, 0.25) is 6.29 Å². The van der Waals surface area contributed by atoms with Crippen LogP contribution in [0.1, 0.15) is 19.8 Å². The third-order valence-electron chi connectivity index (χ3n) is 1.20. The van der Waals surface area contributed by atoms with Gasteiger partial charge >= 0.3 is 12.3 Å². The molecule has 1 unspecified atom stereocenters. The molecule has 0 spiro atoms. The number of ether oxygens (including phenoxy) is 2. The smallest absolute Gasteiger partial charge is 0.447 e. The van der Waals surface area contributed by atoms with E-state index in [1.54, 1.807) is 0 Å². The summed E-state index contributed by atoms with van der Waals surface area (Å²) in [5.74, 6) is 0. The Morgan fingerprint density at radius 2 is 2.00 bits per heavy atom. The first-order chi connectivity index (χ1) is 6.60. The molecule has 0 saturated carbocycles. The van der Waals surface area contributed by atoms with Crippen LogP contribution in [0.25, 0.3) is 0 Å². The van der Waals surface area contributed by atoms with E-state index in [2.05, 4.69) is 14.5 Å². The van der Waals surface area contributed by atoms with E-state index in [1.807, 2.05) is 6.92 Å². The van der Waals surface area contributed by atoms with Crippen molar-refractivity contribution in [3.05, 3.63) is 0 Å². The van der Waals surface area contributed by atoms with E-state index < -0.39 is 18.6 Å². The molecule has 0 aliphatic heterocycles. The maximum absolute atomic E-state index is 10.7. The van der Waals surface area contributed by atoms with Gasteiger partial charge in [-0.3, -0.25) is 0 Å². The normalized spacial score (nSPS) is 11.6. The summed E-state index contributed by atoms with van der Waals surface area (Å²) in [5.41, 5.74) is 0. The molecule has 0 radical (unpaired) electrons. The van der Waals surface area contributed by atoms with Gasteiger partial charge in [-0.05, 0) is 0 Å². The van der Waals surface area contributed by atoms with Crippen LogP contribution in [0.2, 0.25) is 0 Å². The Bertz CT molecular complexity index is 190. The predicted molar refractivity (Wildman–Crippen MR) is 42.4 cm³/mol. The average molecular weight is 208 g/mol. The molecule has 82 valence electrons. The van der Waals surface area contributed by atoms with Gasteiger partial charge in [-0.15, -0.1) is 0 Å². The largest absolute Gasteiger partial charge is 0.552 e. The minimum Gasteiger partial charge on any atom is -0.447 e. The minimum absolute atomic E-state index is 0.485. The highest BCUT2D eigenvalue weighted by Crippen LogP contribution is 2.04. The lowest BCUT2D eigenvalue weighted by Crippen LogP contribution is -2.21. The molecule has 0 aliphatic carbocycles. The summed E-state index contributed by atoms with van der Waals surface area (Å²) < 4.78 is 9.26. The van der Waals surface area contributed by atoms with E-state index in [1.165, 1.54) is 7.11 Å². The van der Waals surface area contributed by atoms with Gasteiger partial charge in [-0.2, -0.15) is 9.68 Å². The molecule has 7 heteroatoms. The van der Waals surface area contributed by atoms with E-state index in [9.17, 15) is 9.59 Å². The molecule has 0 amide bonds. The molecule has 7 nitrogen and oxygen atoms in total. The lowest BCUT2D eigenvalue weighted by Gasteiger charge is -2.13. The van der Waals surface area contributed by atoms with Crippen molar-refractivity contribution < 1.29 is 33.9 Å². The van der Waals surface area contributed by atoms with Crippen molar-refractivity contribution in [1.82, 2.24) is 0 Å². The van der Waals surface area contributed by atoms with Gasteiger partial charge in [0.25, 0.3) is 0 Å². The molecule has 0 aromatic heterocycles. The summed E-state index contributed by atoms with van der Waals surface area (Å²) in [4.78, 5) is 27.7. The van der Waals surface area contributed by atoms with E-state index in [4.69, 9.17) is 9.84 Å². The van der Waals surface area contributed by atoms with Gasteiger partial charge in [0.15, 0.2) is 0 Å². The molecule has 14 heavy (non-hydrogen) atoms. The van der Waals surface area contributed by atoms with Crippen LogP contribution in [0.15, 0.2) is 0 Å². The van der Waals surface area contributed by atoms with Crippen molar-refractivity contribution in [3.8, 4) is 0 Å². The maximum atomic E-state index is 10.7. The summed E-state index contributed by atoms with van der Waals surface area (Å²) in [7, 11) is 1.35. The van der Waals surface area contributed by atoms with Crippen LogP contribution in [0, 0.1) is 0 Å². The van der Waals surface area contributed by atoms with Crippen LogP contribution in [-0.4, -0.2) is 30.8 Å². The molecule has 0 aromatic rings. The third-order valence-corrected chi connectivity index (χ3v) is 1.20. The quantitative estimate of drug-likeness (QED) is 0.324. The number of carboxylic acid groups (broad SMARTS) is 1. The Labute approximate surface area is 80.4 Å². The Balaban J connectivity index is 3.72. The second-order valence-corrected chi connectivity index (χ2v) is 2.25. The Morgan fingerprint density at radius 3 is 2.43 bits per heavy atom. The highest BCUT2D eigenvalue weighted by Gasteiger charge is 2.16. The molecule has 0 rings (SSSR count). The molecule has 1 N–H and O–H groups in total. The number of hydrogen-bond acceptors (Lipinski definition) is 6. The summed E-state index contributed by atoms with van der Waals surface area (Å²) in [5, 5.41) is 7.97. The Hall–Kier alpha value is -1.50. The SMILES string of the molecule is CCCC(OC)OC(=O)OOC(=O)O. The zero-order chi connectivity index (χ0) is 11.0. The first kappa shape index (κ1) is 12.5. The fourth-order valence-corrected chi connectivity index (χ4v) is 0.657. The molecule has 0 saturated heterocycles. The van der Waals surface area contributed by atoms with Gasteiger partial charge in [-0.1, -0.05) is 13.3 Å². The van der Waals surface area contributed by atoms with Crippen molar-refractivity contribution in [3.63, 3.8) is 0 Å². The first-order valence-corrected chi connectivity index (χ1v) is 3.91. The standard InChI is InChI=1S/C7H12O7/c1-3-4-5(11-2)12-7(10)14-13-6(8)9/h5H,3-4H2,1-2H3,(H,8,9). The number of rotatable bonds is 4. The van der Waals surface area contributed by atoms with E-state index >= 15 is 0 Å². The van der Waals surface area contributed by atoms with Crippen molar-refractivity contribution >= 4 is 12.3 Å². The third kappa shape index (κ3) is 6.06.